The van der Waals surface area contributed by atoms with Crippen molar-refractivity contribution in [2.45, 2.75) is 12.2 Å². The summed E-state index contributed by atoms with van der Waals surface area (Å²) in [7, 11) is 0. The minimum atomic E-state index is -0.0834. The third-order valence-electron chi connectivity index (χ3n) is 1.14. The summed E-state index contributed by atoms with van der Waals surface area (Å²) in [6, 6.07) is 0. The van der Waals surface area contributed by atoms with E-state index in [1.54, 1.807) is 0 Å². The van der Waals surface area contributed by atoms with Crippen LogP contribution in [0.4, 0.5) is 0 Å². The molecule has 1 atom stereocenters. The molecule has 1 unspecified atom stereocenters. The maximum atomic E-state index is 11.0. The molecule has 10 heavy (non-hydrogen) atoms. The van der Waals surface area contributed by atoms with Gasteiger partial charge in [-0.15, -0.1) is 0 Å². The average Bonchev–Trinajstić information content (AvgIpc) is 1.91. The lowest BCUT2D eigenvalue weighted by Gasteiger charge is -2.09. The Balaban J connectivity index is 3.65. The van der Waals surface area contributed by atoms with E-state index < -0.39 is 0 Å². The molecule has 0 radical (unpaired) electrons. The molecule has 0 aliphatic carbocycles. The summed E-state index contributed by atoms with van der Waals surface area (Å²) in [5.41, 5.74) is 5.33. The minimum Gasteiger partial charge on any atom is -0.355 e. The second kappa shape index (κ2) is 5.56. The number of rotatable bonds is 4. The molecule has 0 fully saturated rings. The van der Waals surface area contributed by atoms with Crippen LogP contribution in [0.1, 0.15) is 6.92 Å². The summed E-state index contributed by atoms with van der Waals surface area (Å²) in [6.45, 7) is 2.98. The number of carbonyl (C=O) groups excluding carboxylic acids is 1. The normalized spacial score (nSPS) is 12.7. The van der Waals surface area contributed by atoms with Crippen molar-refractivity contribution < 1.29 is 4.79 Å². The lowest BCUT2D eigenvalue weighted by atomic mass is 10.4. The average molecular weight is 162 g/mol. The van der Waals surface area contributed by atoms with E-state index in [9.17, 15) is 4.79 Å². The van der Waals surface area contributed by atoms with Crippen molar-refractivity contribution in [3.8, 4) is 0 Å². The largest absolute Gasteiger partial charge is 0.355 e. The Morgan fingerprint density at radius 3 is 2.70 bits per heavy atom. The van der Waals surface area contributed by atoms with Gasteiger partial charge in [0.1, 0.15) is 0 Å². The molecule has 0 saturated heterocycles. The van der Waals surface area contributed by atoms with Crippen LogP contribution in [0, 0.1) is 0 Å². The van der Waals surface area contributed by atoms with Gasteiger partial charge in [0.25, 0.3) is 0 Å². The second-order valence-corrected chi connectivity index (χ2v) is 2.90. The number of thioether (sulfide) groups is 1. The van der Waals surface area contributed by atoms with Gasteiger partial charge in [-0.2, -0.15) is 11.8 Å². The molecule has 0 rings (SSSR count). The minimum absolute atomic E-state index is 0.0394. The summed E-state index contributed by atoms with van der Waals surface area (Å²) in [4.78, 5) is 11.0. The van der Waals surface area contributed by atoms with Crippen molar-refractivity contribution in [3.63, 3.8) is 0 Å². The number of amides is 1. The van der Waals surface area contributed by atoms with Crippen LogP contribution in [0.25, 0.3) is 0 Å². The molecule has 3 N–H and O–H groups in total. The molecular formula is C6H14N2OS. The van der Waals surface area contributed by atoms with E-state index in [1.165, 1.54) is 11.8 Å². The third-order valence-corrected chi connectivity index (χ3v) is 2.12. The predicted molar refractivity (Wildman–Crippen MR) is 45.0 cm³/mol. The topological polar surface area (TPSA) is 55.1 Å². The lowest BCUT2D eigenvalue weighted by Crippen LogP contribution is -2.36. The third kappa shape index (κ3) is 3.08. The van der Waals surface area contributed by atoms with Gasteiger partial charge in [0.05, 0.1) is 5.25 Å². The van der Waals surface area contributed by atoms with Gasteiger partial charge in [0.15, 0.2) is 0 Å². The first-order valence-corrected chi connectivity index (χ1v) is 4.55. The van der Waals surface area contributed by atoms with Crippen LogP contribution >= 0.6 is 11.8 Å². The molecule has 60 valence electrons. The first-order chi connectivity index (χ1) is 4.76. The molecule has 0 aromatic rings. The van der Waals surface area contributed by atoms with Crippen LogP contribution < -0.4 is 11.1 Å². The fourth-order valence-corrected chi connectivity index (χ4v) is 1.09. The van der Waals surface area contributed by atoms with Gasteiger partial charge in [-0.3, -0.25) is 4.79 Å². The number of nitrogens with one attached hydrogen (secondary N) is 1. The van der Waals surface area contributed by atoms with Crippen molar-refractivity contribution in [2.75, 3.05) is 19.3 Å². The standard InChI is InChI=1S/C6H14N2OS/c1-3-8-6(9)5(4-7)10-2/h5H,3-4,7H2,1-2H3,(H,8,9). The van der Waals surface area contributed by atoms with Crippen LogP contribution in [0.5, 0.6) is 0 Å². The van der Waals surface area contributed by atoms with Crippen LogP contribution in [0.2, 0.25) is 0 Å². The molecule has 0 aliphatic heterocycles. The summed E-state index contributed by atoms with van der Waals surface area (Å²) in [5, 5.41) is 2.62. The quantitative estimate of drug-likeness (QED) is 0.602. The summed E-state index contributed by atoms with van der Waals surface area (Å²) >= 11 is 1.48. The fraction of sp³-hybridized carbons (Fsp3) is 0.833. The van der Waals surface area contributed by atoms with E-state index in [2.05, 4.69) is 5.32 Å². The fourth-order valence-electron chi connectivity index (χ4n) is 0.598. The summed E-state index contributed by atoms with van der Waals surface area (Å²) < 4.78 is 0. The number of carbonyl (C=O) groups is 1. The highest BCUT2D eigenvalue weighted by Gasteiger charge is 2.12. The molecule has 4 heteroatoms. The predicted octanol–water partition coefficient (Wildman–Crippen LogP) is -0.187. The number of hydrogen-bond acceptors (Lipinski definition) is 3. The highest BCUT2D eigenvalue weighted by molar-refractivity contribution is 7.99. The van der Waals surface area contributed by atoms with Crippen LogP contribution in [-0.2, 0) is 4.79 Å². The van der Waals surface area contributed by atoms with Crippen LogP contribution in [-0.4, -0.2) is 30.5 Å². The van der Waals surface area contributed by atoms with Crippen molar-refractivity contribution in [1.82, 2.24) is 5.32 Å². The number of nitrogens with two attached hydrogens (primary N) is 1. The maximum absolute atomic E-state index is 11.0. The SMILES string of the molecule is CCNC(=O)C(CN)SC. The zero-order valence-electron chi connectivity index (χ0n) is 6.39. The van der Waals surface area contributed by atoms with E-state index >= 15 is 0 Å². The van der Waals surface area contributed by atoms with E-state index in [-0.39, 0.29) is 11.2 Å². The van der Waals surface area contributed by atoms with Crippen molar-refractivity contribution >= 4 is 17.7 Å². The van der Waals surface area contributed by atoms with Gasteiger partial charge < -0.3 is 11.1 Å². The van der Waals surface area contributed by atoms with Gasteiger partial charge >= 0.3 is 0 Å². The lowest BCUT2D eigenvalue weighted by molar-refractivity contribution is -0.120. The van der Waals surface area contributed by atoms with Crippen molar-refractivity contribution in [1.29, 1.82) is 0 Å². The second-order valence-electron chi connectivity index (χ2n) is 1.85. The highest BCUT2D eigenvalue weighted by atomic mass is 32.2. The monoisotopic (exact) mass is 162 g/mol. The highest BCUT2D eigenvalue weighted by Crippen LogP contribution is 2.03. The Bertz CT molecular complexity index is 104. The van der Waals surface area contributed by atoms with E-state index in [0.717, 1.165) is 0 Å². The molecule has 0 aliphatic rings. The molecule has 0 saturated carbocycles. The number of hydrogen-bond donors (Lipinski definition) is 2. The zero-order valence-corrected chi connectivity index (χ0v) is 7.20. The Hall–Kier alpha value is -0.220. The molecule has 0 aromatic carbocycles. The molecular weight excluding hydrogens is 148 g/mol. The van der Waals surface area contributed by atoms with Gasteiger partial charge in [0.2, 0.25) is 5.91 Å². The first-order valence-electron chi connectivity index (χ1n) is 3.26. The van der Waals surface area contributed by atoms with E-state index in [4.69, 9.17) is 5.73 Å². The maximum Gasteiger partial charge on any atom is 0.234 e. The Morgan fingerprint density at radius 2 is 2.40 bits per heavy atom. The van der Waals surface area contributed by atoms with E-state index in [0.29, 0.717) is 13.1 Å². The van der Waals surface area contributed by atoms with E-state index in [1.807, 2.05) is 13.2 Å². The molecule has 0 spiro atoms. The molecule has 1 amide bonds. The van der Waals surface area contributed by atoms with Gasteiger partial charge in [0, 0.05) is 13.1 Å². The summed E-state index contributed by atoms with van der Waals surface area (Å²) in [6.07, 6.45) is 1.88. The smallest absolute Gasteiger partial charge is 0.234 e. The summed E-state index contributed by atoms with van der Waals surface area (Å²) in [5.74, 6) is 0.0394. The Morgan fingerprint density at radius 1 is 1.80 bits per heavy atom. The molecule has 0 bridgehead atoms. The Kier molecular flexibility index (Phi) is 5.43. The molecule has 0 heterocycles. The first kappa shape index (κ1) is 9.78. The van der Waals surface area contributed by atoms with Crippen molar-refractivity contribution in [2.24, 2.45) is 5.73 Å². The Labute approximate surface area is 65.7 Å². The van der Waals surface area contributed by atoms with Crippen molar-refractivity contribution in [3.05, 3.63) is 0 Å². The van der Waals surface area contributed by atoms with Gasteiger partial charge in [-0.25, -0.2) is 0 Å². The van der Waals surface area contributed by atoms with Gasteiger partial charge in [-0.1, -0.05) is 0 Å². The zero-order chi connectivity index (χ0) is 7.98. The van der Waals surface area contributed by atoms with Gasteiger partial charge in [-0.05, 0) is 13.2 Å². The molecule has 0 aromatic heterocycles. The molecule has 3 nitrogen and oxygen atoms in total. The van der Waals surface area contributed by atoms with Crippen LogP contribution in [0.15, 0.2) is 0 Å². The van der Waals surface area contributed by atoms with Crippen LogP contribution in [0.3, 0.4) is 0 Å².